The summed E-state index contributed by atoms with van der Waals surface area (Å²) < 4.78 is 5.57. The summed E-state index contributed by atoms with van der Waals surface area (Å²) >= 11 is 1.72. The molecule has 0 bridgehead atoms. The molecular formula is C11H21NO2S. The third-order valence-electron chi connectivity index (χ3n) is 2.35. The van der Waals surface area contributed by atoms with Crippen molar-refractivity contribution in [3.63, 3.8) is 0 Å². The molecule has 0 aliphatic carbocycles. The Hall–Kier alpha value is -0.220. The first-order chi connectivity index (χ1) is 7.05. The van der Waals surface area contributed by atoms with Crippen molar-refractivity contribution >= 4 is 17.7 Å². The lowest BCUT2D eigenvalue weighted by Gasteiger charge is -2.38. The number of hydrogen-bond donors (Lipinski definition) is 0. The Morgan fingerprint density at radius 3 is 2.87 bits per heavy atom. The van der Waals surface area contributed by atoms with Gasteiger partial charge < -0.3 is 9.64 Å². The van der Waals surface area contributed by atoms with Crippen LogP contribution in [0.5, 0.6) is 0 Å². The quantitative estimate of drug-likeness (QED) is 0.691. The highest BCUT2D eigenvalue weighted by molar-refractivity contribution is 7.99. The minimum absolute atomic E-state index is 0.177. The fraction of sp³-hybridized carbons (Fsp3) is 0.909. The molecule has 1 rings (SSSR count). The van der Waals surface area contributed by atoms with E-state index in [9.17, 15) is 4.79 Å². The van der Waals surface area contributed by atoms with E-state index in [4.69, 9.17) is 4.74 Å². The average Bonchev–Trinajstić information content (AvgIpc) is 2.16. The maximum absolute atomic E-state index is 11.8. The molecule has 88 valence electrons. The van der Waals surface area contributed by atoms with Crippen LogP contribution in [0.1, 0.15) is 27.2 Å². The predicted octanol–water partition coefficient (Wildman–Crippen LogP) is 1.77. The number of hydrogen-bond acceptors (Lipinski definition) is 3. The molecule has 3 nitrogen and oxygen atoms in total. The van der Waals surface area contributed by atoms with Crippen molar-refractivity contribution in [2.45, 2.75) is 32.8 Å². The minimum atomic E-state index is -0.177. The zero-order valence-electron chi connectivity index (χ0n) is 9.91. The maximum Gasteiger partial charge on any atom is 0.232 e. The van der Waals surface area contributed by atoms with Gasteiger partial charge in [0.05, 0.1) is 18.0 Å². The van der Waals surface area contributed by atoms with Crippen molar-refractivity contribution in [3.8, 4) is 0 Å². The molecule has 0 radical (unpaired) electrons. The first-order valence-corrected chi connectivity index (χ1v) is 6.70. The Kier molecular flexibility index (Phi) is 4.93. The lowest BCUT2D eigenvalue weighted by molar-refractivity contribution is -0.143. The van der Waals surface area contributed by atoms with E-state index in [0.29, 0.717) is 12.4 Å². The largest absolute Gasteiger partial charge is 0.372 e. The predicted molar refractivity (Wildman–Crippen MR) is 64.2 cm³/mol. The molecule has 1 saturated heterocycles. The van der Waals surface area contributed by atoms with E-state index < -0.39 is 0 Å². The minimum Gasteiger partial charge on any atom is -0.372 e. The maximum atomic E-state index is 11.8. The van der Waals surface area contributed by atoms with Crippen molar-refractivity contribution in [2.24, 2.45) is 0 Å². The second-order valence-electron chi connectivity index (χ2n) is 4.48. The van der Waals surface area contributed by atoms with Crippen LogP contribution in [-0.4, -0.2) is 47.6 Å². The molecule has 0 atom stereocenters. The van der Waals surface area contributed by atoms with Gasteiger partial charge in [0.15, 0.2) is 0 Å². The van der Waals surface area contributed by atoms with Gasteiger partial charge in [-0.25, -0.2) is 0 Å². The van der Waals surface area contributed by atoms with E-state index in [-0.39, 0.29) is 11.5 Å². The van der Waals surface area contributed by atoms with Crippen LogP contribution in [0.3, 0.4) is 0 Å². The van der Waals surface area contributed by atoms with Crippen LogP contribution in [0.4, 0.5) is 0 Å². The van der Waals surface area contributed by atoms with Crippen LogP contribution in [0, 0.1) is 0 Å². The molecule has 1 aliphatic heterocycles. The highest BCUT2D eigenvalue weighted by Crippen LogP contribution is 2.17. The summed E-state index contributed by atoms with van der Waals surface area (Å²) in [6.07, 6.45) is 1.13. The summed E-state index contributed by atoms with van der Waals surface area (Å²) in [7, 11) is 0. The smallest absolute Gasteiger partial charge is 0.232 e. The number of thioether (sulfide) groups is 1. The fourth-order valence-electron chi connectivity index (χ4n) is 1.62. The summed E-state index contributed by atoms with van der Waals surface area (Å²) in [5.74, 6) is 1.94. The fourth-order valence-corrected chi connectivity index (χ4v) is 2.41. The van der Waals surface area contributed by atoms with Crippen LogP contribution in [0.2, 0.25) is 0 Å². The second-order valence-corrected chi connectivity index (χ2v) is 5.58. The highest BCUT2D eigenvalue weighted by atomic mass is 32.2. The van der Waals surface area contributed by atoms with Crippen molar-refractivity contribution in [2.75, 3.05) is 31.2 Å². The van der Waals surface area contributed by atoms with Crippen LogP contribution < -0.4 is 0 Å². The Balaban J connectivity index is 2.32. The summed E-state index contributed by atoms with van der Waals surface area (Å²) in [5, 5.41) is 0. The molecule has 4 heteroatoms. The van der Waals surface area contributed by atoms with Crippen molar-refractivity contribution in [3.05, 3.63) is 0 Å². The Bertz CT molecular complexity index is 219. The van der Waals surface area contributed by atoms with Gasteiger partial charge in [-0.05, 0) is 26.0 Å². The normalized spacial score (nSPS) is 20.3. The van der Waals surface area contributed by atoms with Gasteiger partial charge in [-0.1, -0.05) is 6.92 Å². The van der Waals surface area contributed by atoms with Gasteiger partial charge in [-0.15, -0.1) is 0 Å². The Labute approximate surface area is 96.5 Å². The molecule has 0 N–H and O–H groups in total. The van der Waals surface area contributed by atoms with Gasteiger partial charge in [0, 0.05) is 13.1 Å². The molecule has 0 aromatic carbocycles. The number of nitrogens with zero attached hydrogens (tertiary/aromatic N) is 1. The van der Waals surface area contributed by atoms with Crippen molar-refractivity contribution in [1.29, 1.82) is 0 Å². The van der Waals surface area contributed by atoms with E-state index in [1.807, 2.05) is 18.7 Å². The van der Waals surface area contributed by atoms with Gasteiger partial charge in [0.1, 0.15) is 0 Å². The number of rotatable bonds is 4. The zero-order valence-corrected chi connectivity index (χ0v) is 10.7. The number of amides is 1. The van der Waals surface area contributed by atoms with Crippen molar-refractivity contribution < 1.29 is 9.53 Å². The third-order valence-corrected chi connectivity index (χ3v) is 3.50. The topological polar surface area (TPSA) is 29.5 Å². The average molecular weight is 231 g/mol. The second kappa shape index (κ2) is 5.75. The SMILES string of the molecule is CCCSCC(=O)N1CCOC(C)(C)C1. The number of ether oxygens (including phenoxy) is 1. The lowest BCUT2D eigenvalue weighted by atomic mass is 10.1. The van der Waals surface area contributed by atoms with Crippen LogP contribution >= 0.6 is 11.8 Å². The molecule has 0 aromatic heterocycles. The van der Waals surface area contributed by atoms with Gasteiger partial charge in [-0.3, -0.25) is 4.79 Å². The lowest BCUT2D eigenvalue weighted by Crippen LogP contribution is -2.51. The van der Waals surface area contributed by atoms with E-state index in [0.717, 1.165) is 25.3 Å². The van der Waals surface area contributed by atoms with Crippen LogP contribution in [0.25, 0.3) is 0 Å². The van der Waals surface area contributed by atoms with Crippen molar-refractivity contribution in [1.82, 2.24) is 4.90 Å². The molecule has 15 heavy (non-hydrogen) atoms. The summed E-state index contributed by atoms with van der Waals surface area (Å²) in [4.78, 5) is 13.7. The third kappa shape index (κ3) is 4.43. The highest BCUT2D eigenvalue weighted by Gasteiger charge is 2.29. The van der Waals surface area contributed by atoms with Crippen LogP contribution in [-0.2, 0) is 9.53 Å². The summed E-state index contributed by atoms with van der Waals surface area (Å²) in [5.41, 5.74) is -0.177. The standard InChI is InChI=1S/C11H21NO2S/c1-4-7-15-8-10(13)12-5-6-14-11(2,3)9-12/h4-9H2,1-3H3. The first-order valence-electron chi connectivity index (χ1n) is 5.54. The number of carbonyl (C=O) groups excluding carboxylic acids is 1. The summed E-state index contributed by atoms with van der Waals surface area (Å²) in [6.45, 7) is 8.33. The molecule has 1 aliphatic rings. The number of carbonyl (C=O) groups is 1. The molecule has 1 fully saturated rings. The van der Waals surface area contributed by atoms with E-state index >= 15 is 0 Å². The molecule has 0 saturated carbocycles. The monoisotopic (exact) mass is 231 g/mol. The van der Waals surface area contributed by atoms with Gasteiger partial charge in [0.2, 0.25) is 5.91 Å². The van der Waals surface area contributed by atoms with Crippen LogP contribution in [0.15, 0.2) is 0 Å². The Morgan fingerprint density at radius 2 is 2.27 bits per heavy atom. The van der Waals surface area contributed by atoms with E-state index in [1.54, 1.807) is 11.8 Å². The van der Waals surface area contributed by atoms with E-state index in [1.165, 1.54) is 0 Å². The molecule has 0 aromatic rings. The zero-order chi connectivity index (χ0) is 11.3. The Morgan fingerprint density at radius 1 is 1.53 bits per heavy atom. The first kappa shape index (κ1) is 12.8. The molecule has 0 spiro atoms. The molecule has 1 heterocycles. The van der Waals surface area contributed by atoms with Gasteiger partial charge in [-0.2, -0.15) is 11.8 Å². The molecular weight excluding hydrogens is 210 g/mol. The summed E-state index contributed by atoms with van der Waals surface area (Å²) in [6, 6.07) is 0. The molecule has 0 unspecified atom stereocenters. The van der Waals surface area contributed by atoms with E-state index in [2.05, 4.69) is 6.92 Å². The van der Waals surface area contributed by atoms with Gasteiger partial charge in [0.25, 0.3) is 0 Å². The molecule has 1 amide bonds. The van der Waals surface area contributed by atoms with Gasteiger partial charge >= 0.3 is 0 Å². The number of morpholine rings is 1.